The maximum Gasteiger partial charge on any atom is 0.0991 e. The van der Waals surface area contributed by atoms with E-state index in [-0.39, 0.29) is 0 Å². The van der Waals surface area contributed by atoms with Gasteiger partial charge in [0.05, 0.1) is 34.3 Å². The molecule has 6 aromatic rings. The van der Waals surface area contributed by atoms with Crippen LogP contribution >= 0.6 is 0 Å². The highest BCUT2D eigenvalue weighted by molar-refractivity contribution is 6.11. The Kier molecular flexibility index (Phi) is 5.11. The fraction of sp³-hybridized carbons (Fsp3) is 0.0303. The Labute approximate surface area is 209 Å². The summed E-state index contributed by atoms with van der Waals surface area (Å²) in [4.78, 5) is 0. The third kappa shape index (κ3) is 3.61. The van der Waals surface area contributed by atoms with Crippen LogP contribution in [0.15, 0.2) is 109 Å². The Morgan fingerprint density at radius 3 is 1.44 bits per heavy atom. The molecule has 0 atom stereocenters. The molecule has 0 N–H and O–H groups in total. The van der Waals surface area contributed by atoms with Crippen LogP contribution in [0.2, 0.25) is 0 Å². The van der Waals surface area contributed by atoms with Crippen molar-refractivity contribution < 1.29 is 0 Å². The third-order valence-electron chi connectivity index (χ3n) is 6.72. The molecule has 0 saturated heterocycles. The second-order valence-electron chi connectivity index (χ2n) is 9.02. The molecular weight excluding hydrogens is 438 g/mol. The van der Waals surface area contributed by atoms with Gasteiger partial charge < -0.3 is 4.57 Å². The lowest BCUT2D eigenvalue weighted by atomic mass is 9.99. The third-order valence-corrected chi connectivity index (χ3v) is 6.72. The van der Waals surface area contributed by atoms with E-state index in [0.29, 0.717) is 11.1 Å². The molecule has 0 bridgehead atoms. The topological polar surface area (TPSA) is 52.5 Å². The minimum absolute atomic E-state index is 0.655. The average molecular weight is 460 g/mol. The minimum atomic E-state index is 0.655. The van der Waals surface area contributed by atoms with E-state index >= 15 is 0 Å². The smallest absolute Gasteiger partial charge is 0.0991 e. The zero-order valence-corrected chi connectivity index (χ0v) is 19.7. The van der Waals surface area contributed by atoms with Crippen LogP contribution in [0.5, 0.6) is 0 Å². The molecule has 5 aromatic carbocycles. The highest BCUT2D eigenvalue weighted by Crippen LogP contribution is 2.37. The van der Waals surface area contributed by atoms with Crippen LogP contribution in [0.3, 0.4) is 0 Å². The lowest BCUT2D eigenvalue weighted by Crippen LogP contribution is -1.94. The Morgan fingerprint density at radius 1 is 0.528 bits per heavy atom. The zero-order chi connectivity index (χ0) is 24.6. The molecular formula is C33H21N3. The summed E-state index contributed by atoms with van der Waals surface area (Å²) >= 11 is 0. The van der Waals surface area contributed by atoms with Gasteiger partial charge in [0.1, 0.15) is 0 Å². The molecule has 0 unspecified atom stereocenters. The lowest BCUT2D eigenvalue weighted by Gasteiger charge is -2.09. The van der Waals surface area contributed by atoms with Crippen molar-refractivity contribution in [1.29, 1.82) is 10.5 Å². The van der Waals surface area contributed by atoms with Gasteiger partial charge in [-0.2, -0.15) is 10.5 Å². The van der Waals surface area contributed by atoms with E-state index in [2.05, 4.69) is 84.3 Å². The van der Waals surface area contributed by atoms with E-state index in [0.717, 1.165) is 39.0 Å². The van der Waals surface area contributed by atoms with Crippen LogP contribution in [-0.2, 0) is 0 Å². The molecule has 0 aliphatic carbocycles. The molecule has 0 spiro atoms. The van der Waals surface area contributed by atoms with E-state index in [1.807, 2.05) is 48.5 Å². The summed E-state index contributed by atoms with van der Waals surface area (Å²) in [5.41, 5.74) is 10.3. The first kappa shape index (κ1) is 21.4. The van der Waals surface area contributed by atoms with E-state index < -0.39 is 0 Å². The van der Waals surface area contributed by atoms with Crippen LogP contribution in [0.25, 0.3) is 49.7 Å². The molecule has 0 amide bonds. The van der Waals surface area contributed by atoms with Crippen LogP contribution in [0.1, 0.15) is 16.7 Å². The SMILES string of the molecule is Cc1cccc(-n2c3ccc(-c4ccc(C#N)cc4)cc3c3cc(-c4ccc(C#N)cc4)ccc32)c1. The average Bonchev–Trinajstić information content (AvgIpc) is 3.26. The molecule has 168 valence electrons. The first-order chi connectivity index (χ1) is 17.6. The molecule has 0 radical (unpaired) electrons. The molecule has 0 aliphatic rings. The van der Waals surface area contributed by atoms with Gasteiger partial charge in [0.15, 0.2) is 0 Å². The number of hydrogen-bond donors (Lipinski definition) is 0. The summed E-state index contributed by atoms with van der Waals surface area (Å²) in [6, 6.07) is 41.6. The molecule has 6 rings (SSSR count). The van der Waals surface area contributed by atoms with Gasteiger partial charge in [-0.3, -0.25) is 0 Å². The van der Waals surface area contributed by atoms with Crippen molar-refractivity contribution >= 4 is 21.8 Å². The highest BCUT2D eigenvalue weighted by atomic mass is 15.0. The molecule has 1 aromatic heterocycles. The summed E-state index contributed by atoms with van der Waals surface area (Å²) in [5.74, 6) is 0. The van der Waals surface area contributed by atoms with E-state index in [4.69, 9.17) is 10.5 Å². The predicted octanol–water partition coefficient (Wildman–Crippen LogP) is 8.17. The molecule has 0 saturated carbocycles. The van der Waals surface area contributed by atoms with Crippen LogP contribution in [0.4, 0.5) is 0 Å². The van der Waals surface area contributed by atoms with Crippen molar-refractivity contribution in [1.82, 2.24) is 4.57 Å². The van der Waals surface area contributed by atoms with Crippen LogP contribution in [0, 0.1) is 29.6 Å². The Morgan fingerprint density at radius 2 is 1.00 bits per heavy atom. The highest BCUT2D eigenvalue weighted by Gasteiger charge is 2.15. The van der Waals surface area contributed by atoms with Crippen molar-refractivity contribution in [2.75, 3.05) is 0 Å². The number of aromatic nitrogens is 1. The Balaban J connectivity index is 1.61. The molecule has 0 fully saturated rings. The molecule has 36 heavy (non-hydrogen) atoms. The fourth-order valence-corrected chi connectivity index (χ4v) is 4.90. The monoisotopic (exact) mass is 459 g/mol. The van der Waals surface area contributed by atoms with Gasteiger partial charge >= 0.3 is 0 Å². The molecule has 3 heteroatoms. The van der Waals surface area contributed by atoms with Crippen molar-refractivity contribution in [3.05, 3.63) is 126 Å². The van der Waals surface area contributed by atoms with Gasteiger partial charge in [-0.15, -0.1) is 0 Å². The van der Waals surface area contributed by atoms with Gasteiger partial charge in [-0.25, -0.2) is 0 Å². The number of benzene rings is 5. The number of nitriles is 2. The molecule has 0 aliphatic heterocycles. The van der Waals surface area contributed by atoms with Gasteiger partial charge in [0, 0.05) is 16.5 Å². The van der Waals surface area contributed by atoms with Crippen molar-refractivity contribution in [3.8, 4) is 40.1 Å². The van der Waals surface area contributed by atoms with Crippen molar-refractivity contribution in [2.45, 2.75) is 6.92 Å². The van der Waals surface area contributed by atoms with Gasteiger partial charge in [-0.05, 0) is 95.4 Å². The second kappa shape index (κ2) is 8.58. The van der Waals surface area contributed by atoms with E-state index in [9.17, 15) is 0 Å². The fourth-order valence-electron chi connectivity index (χ4n) is 4.90. The van der Waals surface area contributed by atoms with E-state index in [1.54, 1.807) is 0 Å². The zero-order valence-electron chi connectivity index (χ0n) is 19.7. The normalized spacial score (nSPS) is 10.9. The van der Waals surface area contributed by atoms with Crippen LogP contribution < -0.4 is 0 Å². The summed E-state index contributed by atoms with van der Waals surface area (Å²) in [6.07, 6.45) is 0. The lowest BCUT2D eigenvalue weighted by molar-refractivity contribution is 1.17. The first-order valence-corrected chi connectivity index (χ1v) is 11.8. The summed E-state index contributed by atoms with van der Waals surface area (Å²) in [5, 5.41) is 20.7. The Bertz CT molecular complexity index is 1730. The van der Waals surface area contributed by atoms with Gasteiger partial charge in [-0.1, -0.05) is 48.5 Å². The number of nitrogens with zero attached hydrogens (tertiary/aromatic N) is 3. The first-order valence-electron chi connectivity index (χ1n) is 11.8. The molecule has 3 nitrogen and oxygen atoms in total. The predicted molar refractivity (Wildman–Crippen MR) is 146 cm³/mol. The molecule has 1 heterocycles. The quantitative estimate of drug-likeness (QED) is 0.268. The largest absolute Gasteiger partial charge is 0.309 e. The van der Waals surface area contributed by atoms with E-state index in [1.165, 1.54) is 16.3 Å². The number of rotatable bonds is 3. The summed E-state index contributed by atoms with van der Waals surface area (Å²) in [6.45, 7) is 2.11. The van der Waals surface area contributed by atoms with Gasteiger partial charge in [0.25, 0.3) is 0 Å². The number of aryl methyl sites for hydroxylation is 1. The maximum absolute atomic E-state index is 9.17. The second-order valence-corrected chi connectivity index (χ2v) is 9.02. The summed E-state index contributed by atoms with van der Waals surface area (Å²) in [7, 11) is 0. The minimum Gasteiger partial charge on any atom is -0.309 e. The number of fused-ring (bicyclic) bond motifs is 3. The Hall–Kier alpha value is -5.12. The summed E-state index contributed by atoms with van der Waals surface area (Å²) < 4.78 is 2.32. The van der Waals surface area contributed by atoms with Crippen molar-refractivity contribution in [2.24, 2.45) is 0 Å². The number of hydrogen-bond acceptors (Lipinski definition) is 2. The maximum atomic E-state index is 9.17. The van der Waals surface area contributed by atoms with Crippen molar-refractivity contribution in [3.63, 3.8) is 0 Å². The van der Waals surface area contributed by atoms with Crippen LogP contribution in [-0.4, -0.2) is 4.57 Å². The standard InChI is InChI=1S/C33H21N3/c1-22-3-2-4-29(17-22)36-32-15-13-27(25-9-5-23(20-34)6-10-25)18-30(32)31-19-28(14-16-33(31)36)26-11-7-24(21-35)8-12-26/h2-19H,1H3. The van der Waals surface area contributed by atoms with Gasteiger partial charge in [0.2, 0.25) is 0 Å².